The topological polar surface area (TPSA) is 80.3 Å². The zero-order chi connectivity index (χ0) is 24.4. The third kappa shape index (κ3) is 4.35. The van der Waals surface area contributed by atoms with Gasteiger partial charge in [0, 0.05) is 35.1 Å². The van der Waals surface area contributed by atoms with Gasteiger partial charge >= 0.3 is 0 Å². The third-order valence-corrected chi connectivity index (χ3v) is 6.27. The van der Waals surface area contributed by atoms with Crippen LogP contribution in [-0.2, 0) is 6.54 Å². The Hall–Kier alpha value is -3.84. The molecule has 0 aliphatic carbocycles. The standard InChI is InChI=1S/C27H25ClN4O3/c1-3-13-35-21-11-8-19(14-22(21)34-2)26-23-24(18-6-9-20(28)10-7-18)30-31-25(23)27(33)32(26)16-17-5-4-12-29-15-17/h4-12,14-15,26H,3,13,16H2,1-2H3,(H,30,31). The fourth-order valence-electron chi connectivity index (χ4n) is 4.41. The molecule has 1 aliphatic heterocycles. The summed E-state index contributed by atoms with van der Waals surface area (Å²) in [5.74, 6) is 1.17. The lowest BCUT2D eigenvalue weighted by Gasteiger charge is -2.27. The number of hydrogen-bond acceptors (Lipinski definition) is 5. The second-order valence-electron chi connectivity index (χ2n) is 8.32. The number of carbonyl (C=O) groups excluding carboxylic acids is 1. The van der Waals surface area contributed by atoms with E-state index in [1.165, 1.54) is 0 Å². The van der Waals surface area contributed by atoms with Crippen LogP contribution in [-0.4, -0.2) is 39.7 Å². The summed E-state index contributed by atoms with van der Waals surface area (Å²) in [7, 11) is 1.62. The van der Waals surface area contributed by atoms with Gasteiger partial charge in [-0.15, -0.1) is 0 Å². The number of rotatable bonds is 8. The van der Waals surface area contributed by atoms with Crippen molar-refractivity contribution in [1.29, 1.82) is 0 Å². The number of fused-ring (bicyclic) bond motifs is 1. The van der Waals surface area contributed by atoms with E-state index in [9.17, 15) is 4.79 Å². The average molecular weight is 489 g/mol. The first-order valence-electron chi connectivity index (χ1n) is 11.5. The van der Waals surface area contributed by atoms with E-state index in [0.717, 1.165) is 28.7 Å². The maximum Gasteiger partial charge on any atom is 0.273 e. The van der Waals surface area contributed by atoms with Crippen molar-refractivity contribution in [3.05, 3.63) is 94.4 Å². The SMILES string of the molecule is CCCOc1ccc(C2c3c(-c4ccc(Cl)cc4)n[nH]c3C(=O)N2Cc2cccnc2)cc1OC. The first kappa shape index (κ1) is 22.9. The van der Waals surface area contributed by atoms with Gasteiger partial charge in [-0.05, 0) is 47.9 Å². The van der Waals surface area contributed by atoms with Gasteiger partial charge in [0.25, 0.3) is 5.91 Å². The summed E-state index contributed by atoms with van der Waals surface area (Å²) in [5.41, 5.74) is 4.74. The van der Waals surface area contributed by atoms with E-state index in [1.807, 2.05) is 59.5 Å². The van der Waals surface area contributed by atoms with Gasteiger partial charge in [0.1, 0.15) is 5.69 Å². The number of carbonyl (C=O) groups is 1. The molecule has 8 heteroatoms. The molecule has 2 aromatic heterocycles. The van der Waals surface area contributed by atoms with Gasteiger partial charge in [-0.3, -0.25) is 14.9 Å². The summed E-state index contributed by atoms with van der Waals surface area (Å²) >= 11 is 6.11. The number of halogens is 1. The van der Waals surface area contributed by atoms with Crippen molar-refractivity contribution < 1.29 is 14.3 Å². The summed E-state index contributed by atoms with van der Waals surface area (Å²) in [4.78, 5) is 19.7. The molecular weight excluding hydrogens is 464 g/mol. The van der Waals surface area contributed by atoms with E-state index in [1.54, 1.807) is 19.5 Å². The smallest absolute Gasteiger partial charge is 0.273 e. The monoisotopic (exact) mass is 488 g/mol. The van der Waals surface area contributed by atoms with Crippen molar-refractivity contribution in [2.45, 2.75) is 25.9 Å². The van der Waals surface area contributed by atoms with Gasteiger partial charge in [0.2, 0.25) is 0 Å². The molecule has 1 unspecified atom stereocenters. The number of H-pyrrole nitrogens is 1. The average Bonchev–Trinajstić information content (AvgIpc) is 3.43. The van der Waals surface area contributed by atoms with Crippen molar-refractivity contribution in [2.24, 2.45) is 0 Å². The number of methoxy groups -OCH3 is 1. The molecule has 0 spiro atoms. The maximum absolute atomic E-state index is 13.6. The van der Waals surface area contributed by atoms with Crippen LogP contribution in [0.25, 0.3) is 11.3 Å². The molecule has 1 amide bonds. The highest BCUT2D eigenvalue weighted by atomic mass is 35.5. The zero-order valence-electron chi connectivity index (χ0n) is 19.5. The van der Waals surface area contributed by atoms with Crippen LogP contribution in [0.5, 0.6) is 11.5 Å². The molecule has 3 heterocycles. The highest BCUT2D eigenvalue weighted by Gasteiger charge is 2.42. The van der Waals surface area contributed by atoms with E-state index in [2.05, 4.69) is 22.1 Å². The van der Waals surface area contributed by atoms with Crippen LogP contribution in [0.15, 0.2) is 67.0 Å². The second kappa shape index (κ2) is 9.80. The number of aromatic amines is 1. The Kier molecular flexibility index (Phi) is 6.42. The van der Waals surface area contributed by atoms with Crippen LogP contribution in [0.2, 0.25) is 5.02 Å². The molecule has 0 fully saturated rings. The quantitative estimate of drug-likeness (QED) is 0.345. The Morgan fingerprint density at radius 3 is 2.66 bits per heavy atom. The molecule has 2 aromatic carbocycles. The predicted molar refractivity (Wildman–Crippen MR) is 134 cm³/mol. The van der Waals surface area contributed by atoms with E-state index < -0.39 is 0 Å². The molecule has 0 bridgehead atoms. The third-order valence-electron chi connectivity index (χ3n) is 6.02. The lowest BCUT2D eigenvalue weighted by atomic mass is 9.95. The van der Waals surface area contributed by atoms with Crippen LogP contribution in [0.1, 0.15) is 46.6 Å². The second-order valence-corrected chi connectivity index (χ2v) is 8.76. The first-order chi connectivity index (χ1) is 17.1. The lowest BCUT2D eigenvalue weighted by molar-refractivity contribution is 0.0729. The van der Waals surface area contributed by atoms with Gasteiger partial charge in [-0.25, -0.2) is 0 Å². The normalized spacial score (nSPS) is 14.8. The number of aromatic nitrogens is 3. The Bertz CT molecular complexity index is 1340. The van der Waals surface area contributed by atoms with Crippen LogP contribution in [0.3, 0.4) is 0 Å². The number of benzene rings is 2. The van der Waals surface area contributed by atoms with E-state index in [0.29, 0.717) is 41.1 Å². The number of amides is 1. The molecular formula is C27H25ClN4O3. The van der Waals surface area contributed by atoms with Crippen molar-refractivity contribution in [3.63, 3.8) is 0 Å². The molecule has 1 N–H and O–H groups in total. The number of pyridine rings is 1. The van der Waals surface area contributed by atoms with E-state index in [-0.39, 0.29) is 11.9 Å². The van der Waals surface area contributed by atoms with Crippen molar-refractivity contribution in [3.8, 4) is 22.8 Å². The summed E-state index contributed by atoms with van der Waals surface area (Å²) in [6.45, 7) is 3.05. The Morgan fingerprint density at radius 2 is 1.94 bits per heavy atom. The van der Waals surface area contributed by atoms with Gasteiger partial charge < -0.3 is 14.4 Å². The fourth-order valence-corrected chi connectivity index (χ4v) is 4.53. The molecule has 1 atom stereocenters. The predicted octanol–water partition coefficient (Wildman–Crippen LogP) is 5.67. The summed E-state index contributed by atoms with van der Waals surface area (Å²) in [6.07, 6.45) is 4.39. The largest absolute Gasteiger partial charge is 0.493 e. The molecule has 5 rings (SSSR count). The maximum atomic E-state index is 13.6. The van der Waals surface area contributed by atoms with Crippen LogP contribution in [0, 0.1) is 0 Å². The Morgan fingerprint density at radius 1 is 1.11 bits per heavy atom. The molecule has 4 aromatic rings. The minimum atomic E-state index is -0.378. The Labute approximate surface area is 208 Å². The lowest BCUT2D eigenvalue weighted by Crippen LogP contribution is -2.29. The van der Waals surface area contributed by atoms with E-state index in [4.69, 9.17) is 21.1 Å². The van der Waals surface area contributed by atoms with Crippen LogP contribution >= 0.6 is 11.6 Å². The molecule has 7 nitrogen and oxygen atoms in total. The molecule has 35 heavy (non-hydrogen) atoms. The van der Waals surface area contributed by atoms with Gasteiger partial charge in [0.15, 0.2) is 11.5 Å². The minimum absolute atomic E-state index is 0.119. The molecule has 0 saturated carbocycles. The highest BCUT2D eigenvalue weighted by Crippen LogP contribution is 2.45. The van der Waals surface area contributed by atoms with Gasteiger partial charge in [-0.2, -0.15) is 5.10 Å². The fraction of sp³-hybridized carbons (Fsp3) is 0.222. The highest BCUT2D eigenvalue weighted by molar-refractivity contribution is 6.30. The molecule has 0 saturated heterocycles. The van der Waals surface area contributed by atoms with Gasteiger partial charge in [0.05, 0.1) is 25.5 Å². The minimum Gasteiger partial charge on any atom is -0.493 e. The van der Waals surface area contributed by atoms with Crippen molar-refractivity contribution in [2.75, 3.05) is 13.7 Å². The van der Waals surface area contributed by atoms with Crippen LogP contribution < -0.4 is 9.47 Å². The molecule has 0 radical (unpaired) electrons. The molecule has 1 aliphatic rings. The van der Waals surface area contributed by atoms with Crippen molar-refractivity contribution in [1.82, 2.24) is 20.1 Å². The van der Waals surface area contributed by atoms with Gasteiger partial charge in [-0.1, -0.05) is 42.8 Å². The number of nitrogens with one attached hydrogen (secondary N) is 1. The number of ether oxygens (including phenoxy) is 2. The van der Waals surface area contributed by atoms with Crippen LogP contribution in [0.4, 0.5) is 0 Å². The van der Waals surface area contributed by atoms with Crippen molar-refractivity contribution >= 4 is 17.5 Å². The Balaban J connectivity index is 1.63. The summed E-state index contributed by atoms with van der Waals surface area (Å²) in [6, 6.07) is 16.7. The number of nitrogens with zero attached hydrogens (tertiary/aromatic N) is 3. The summed E-state index contributed by atoms with van der Waals surface area (Å²) < 4.78 is 11.5. The molecule has 178 valence electrons. The number of hydrogen-bond donors (Lipinski definition) is 1. The van der Waals surface area contributed by atoms with E-state index >= 15 is 0 Å². The summed E-state index contributed by atoms with van der Waals surface area (Å²) in [5, 5.41) is 8.15. The zero-order valence-corrected chi connectivity index (χ0v) is 20.2. The first-order valence-corrected chi connectivity index (χ1v) is 11.8.